The fraction of sp³-hybridized carbons (Fsp3) is 0.938. The van der Waals surface area contributed by atoms with E-state index in [4.69, 9.17) is 0 Å². The van der Waals surface area contributed by atoms with Crippen molar-refractivity contribution in [1.29, 1.82) is 0 Å². The molecule has 0 radical (unpaired) electrons. The minimum Gasteiger partial charge on any atom is -0.481 e. The minimum atomic E-state index is -0.587. The van der Waals surface area contributed by atoms with Crippen LogP contribution in [0.25, 0.3) is 0 Å². The van der Waals surface area contributed by atoms with Gasteiger partial charge in [-0.1, -0.05) is 13.3 Å². The summed E-state index contributed by atoms with van der Waals surface area (Å²) in [5, 5.41) is 9.54. The average molecular weight is 282 g/mol. The Balaban J connectivity index is 2.07. The second-order valence-corrected chi connectivity index (χ2v) is 6.85. The zero-order valence-corrected chi connectivity index (χ0v) is 13.2. The van der Waals surface area contributed by atoms with Crippen molar-refractivity contribution in [2.24, 2.45) is 11.8 Å². The van der Waals surface area contributed by atoms with Gasteiger partial charge in [0, 0.05) is 18.6 Å². The summed E-state index contributed by atoms with van der Waals surface area (Å²) in [5.74, 6) is -0.0226. The van der Waals surface area contributed by atoms with Crippen molar-refractivity contribution in [3.63, 3.8) is 0 Å². The topological polar surface area (TPSA) is 43.8 Å². The van der Waals surface area contributed by atoms with Gasteiger partial charge in [-0.15, -0.1) is 0 Å². The highest BCUT2D eigenvalue weighted by Crippen LogP contribution is 2.35. The van der Waals surface area contributed by atoms with E-state index in [0.717, 1.165) is 38.3 Å². The van der Waals surface area contributed by atoms with Crippen LogP contribution in [0.2, 0.25) is 0 Å². The Kier molecular flexibility index (Phi) is 5.44. The second-order valence-electron chi connectivity index (χ2n) is 6.85. The molecule has 4 atom stereocenters. The van der Waals surface area contributed by atoms with Crippen LogP contribution in [0.3, 0.4) is 0 Å². The van der Waals surface area contributed by atoms with Gasteiger partial charge in [0.25, 0.3) is 0 Å². The molecule has 1 saturated carbocycles. The quantitative estimate of drug-likeness (QED) is 0.859. The lowest BCUT2D eigenvalue weighted by atomic mass is 9.76. The van der Waals surface area contributed by atoms with E-state index in [2.05, 4.69) is 30.8 Å². The highest BCUT2D eigenvalue weighted by Gasteiger charge is 2.39. The SMILES string of the molecule is CCC1CCC(C(=O)O)C(N2CCCC(N(C)C)C2)C1. The predicted octanol–water partition coefficient (Wildman–Crippen LogP) is 2.29. The first-order valence-electron chi connectivity index (χ1n) is 8.16. The molecule has 0 aromatic rings. The summed E-state index contributed by atoms with van der Waals surface area (Å²) >= 11 is 0. The van der Waals surface area contributed by atoms with Crippen LogP contribution in [-0.2, 0) is 4.79 Å². The van der Waals surface area contributed by atoms with Crippen LogP contribution < -0.4 is 0 Å². The van der Waals surface area contributed by atoms with Gasteiger partial charge in [-0.2, -0.15) is 0 Å². The minimum absolute atomic E-state index is 0.154. The van der Waals surface area contributed by atoms with Crippen LogP contribution in [-0.4, -0.2) is 60.1 Å². The molecule has 0 spiro atoms. The summed E-state index contributed by atoms with van der Waals surface area (Å²) < 4.78 is 0. The summed E-state index contributed by atoms with van der Waals surface area (Å²) in [7, 11) is 4.27. The van der Waals surface area contributed by atoms with Crippen LogP contribution in [0.1, 0.15) is 45.4 Å². The number of nitrogens with zero attached hydrogens (tertiary/aromatic N) is 2. The first kappa shape index (κ1) is 15.8. The fourth-order valence-corrected chi connectivity index (χ4v) is 4.00. The fourth-order valence-electron chi connectivity index (χ4n) is 4.00. The molecule has 0 bridgehead atoms. The Morgan fingerprint density at radius 3 is 2.65 bits per heavy atom. The van der Waals surface area contributed by atoms with E-state index in [-0.39, 0.29) is 12.0 Å². The number of piperidine rings is 1. The zero-order chi connectivity index (χ0) is 14.7. The Hall–Kier alpha value is -0.610. The maximum atomic E-state index is 11.6. The first-order valence-corrected chi connectivity index (χ1v) is 8.16. The van der Waals surface area contributed by atoms with Crippen molar-refractivity contribution in [2.45, 2.75) is 57.5 Å². The molecule has 2 aliphatic rings. The standard InChI is InChI=1S/C16H30N2O2/c1-4-12-7-8-14(16(19)20)15(10-12)18-9-5-6-13(11-18)17(2)3/h12-15H,4-11H2,1-3H3,(H,19,20). The van der Waals surface area contributed by atoms with Crippen molar-refractivity contribution >= 4 is 5.97 Å². The highest BCUT2D eigenvalue weighted by atomic mass is 16.4. The van der Waals surface area contributed by atoms with E-state index in [1.807, 2.05) is 0 Å². The van der Waals surface area contributed by atoms with E-state index in [0.29, 0.717) is 6.04 Å². The molecule has 116 valence electrons. The van der Waals surface area contributed by atoms with Gasteiger partial charge in [0.15, 0.2) is 0 Å². The average Bonchev–Trinajstić information content (AvgIpc) is 2.46. The van der Waals surface area contributed by atoms with Crippen molar-refractivity contribution in [1.82, 2.24) is 9.80 Å². The van der Waals surface area contributed by atoms with Crippen molar-refractivity contribution in [3.05, 3.63) is 0 Å². The Labute approximate surface area is 123 Å². The number of aliphatic carboxylic acids is 1. The summed E-state index contributed by atoms with van der Waals surface area (Å²) in [6.07, 6.45) is 6.66. The van der Waals surface area contributed by atoms with E-state index in [1.54, 1.807) is 0 Å². The molecule has 0 aromatic carbocycles. The monoisotopic (exact) mass is 282 g/mol. The van der Waals surface area contributed by atoms with Gasteiger partial charge in [0.2, 0.25) is 0 Å². The maximum absolute atomic E-state index is 11.6. The molecule has 1 aliphatic carbocycles. The molecular formula is C16H30N2O2. The first-order chi connectivity index (χ1) is 9.52. The third kappa shape index (κ3) is 3.53. The summed E-state index contributed by atoms with van der Waals surface area (Å²) in [6, 6.07) is 0.842. The molecule has 1 heterocycles. The highest BCUT2D eigenvalue weighted by molar-refractivity contribution is 5.71. The van der Waals surface area contributed by atoms with Gasteiger partial charge in [-0.25, -0.2) is 0 Å². The van der Waals surface area contributed by atoms with Crippen LogP contribution >= 0.6 is 0 Å². The number of likely N-dealkylation sites (tertiary alicyclic amines) is 1. The molecule has 2 rings (SSSR count). The number of likely N-dealkylation sites (N-methyl/N-ethyl adjacent to an activating group) is 1. The molecule has 4 nitrogen and oxygen atoms in total. The van der Waals surface area contributed by atoms with Gasteiger partial charge < -0.3 is 10.0 Å². The number of rotatable bonds is 4. The van der Waals surface area contributed by atoms with E-state index in [9.17, 15) is 9.90 Å². The van der Waals surface area contributed by atoms with E-state index >= 15 is 0 Å². The number of carboxylic acid groups (broad SMARTS) is 1. The maximum Gasteiger partial charge on any atom is 0.308 e. The van der Waals surface area contributed by atoms with Gasteiger partial charge in [-0.3, -0.25) is 9.69 Å². The lowest BCUT2D eigenvalue weighted by Gasteiger charge is -2.45. The molecule has 0 amide bonds. The molecule has 0 aromatic heterocycles. The van der Waals surface area contributed by atoms with Crippen molar-refractivity contribution in [2.75, 3.05) is 27.2 Å². The second kappa shape index (κ2) is 6.90. The third-order valence-electron chi connectivity index (χ3n) is 5.45. The number of carbonyl (C=O) groups is 1. The third-order valence-corrected chi connectivity index (χ3v) is 5.45. The zero-order valence-electron chi connectivity index (χ0n) is 13.2. The van der Waals surface area contributed by atoms with Gasteiger partial charge in [0.1, 0.15) is 0 Å². The molecule has 1 saturated heterocycles. The molecule has 4 unspecified atom stereocenters. The normalized spacial score (nSPS) is 36.2. The van der Waals surface area contributed by atoms with Gasteiger partial charge in [0.05, 0.1) is 5.92 Å². The Morgan fingerprint density at radius 1 is 1.30 bits per heavy atom. The van der Waals surface area contributed by atoms with Gasteiger partial charge >= 0.3 is 5.97 Å². The lowest BCUT2D eigenvalue weighted by molar-refractivity contribution is -0.146. The smallest absolute Gasteiger partial charge is 0.308 e. The Bertz CT molecular complexity index is 332. The molecule has 20 heavy (non-hydrogen) atoms. The number of carboxylic acids is 1. The lowest BCUT2D eigenvalue weighted by Crippen LogP contribution is -2.54. The van der Waals surface area contributed by atoms with Crippen LogP contribution in [0.15, 0.2) is 0 Å². The molecule has 1 N–H and O–H groups in total. The number of hydrogen-bond acceptors (Lipinski definition) is 3. The van der Waals surface area contributed by atoms with Crippen molar-refractivity contribution in [3.8, 4) is 0 Å². The van der Waals surface area contributed by atoms with E-state index in [1.165, 1.54) is 19.3 Å². The van der Waals surface area contributed by atoms with Crippen LogP contribution in [0.5, 0.6) is 0 Å². The molecule has 2 fully saturated rings. The summed E-state index contributed by atoms with van der Waals surface area (Å²) in [4.78, 5) is 16.4. The summed E-state index contributed by atoms with van der Waals surface area (Å²) in [6.45, 7) is 4.36. The van der Waals surface area contributed by atoms with Gasteiger partial charge in [-0.05, 0) is 58.7 Å². The summed E-state index contributed by atoms with van der Waals surface area (Å²) in [5.41, 5.74) is 0. The van der Waals surface area contributed by atoms with E-state index < -0.39 is 5.97 Å². The van der Waals surface area contributed by atoms with Crippen LogP contribution in [0, 0.1) is 11.8 Å². The van der Waals surface area contributed by atoms with Crippen LogP contribution in [0.4, 0.5) is 0 Å². The van der Waals surface area contributed by atoms with Crippen molar-refractivity contribution < 1.29 is 9.90 Å². The Morgan fingerprint density at radius 2 is 2.05 bits per heavy atom. The number of hydrogen-bond donors (Lipinski definition) is 1. The largest absolute Gasteiger partial charge is 0.481 e. The molecule has 4 heteroatoms. The molecular weight excluding hydrogens is 252 g/mol. The predicted molar refractivity (Wildman–Crippen MR) is 80.8 cm³/mol. The molecule has 1 aliphatic heterocycles.